The molecule has 0 saturated carbocycles. The lowest BCUT2D eigenvalue weighted by molar-refractivity contribution is -0.0687. The van der Waals surface area contributed by atoms with Gasteiger partial charge in [0, 0.05) is 0 Å². The van der Waals surface area contributed by atoms with Crippen molar-refractivity contribution in [2.45, 2.75) is 31.1 Å². The topological polar surface area (TPSA) is 146 Å². The summed E-state index contributed by atoms with van der Waals surface area (Å²) < 4.78 is 12.5. The molecule has 1 amide bonds. The predicted molar refractivity (Wildman–Crippen MR) is 87.2 cm³/mol. The van der Waals surface area contributed by atoms with Gasteiger partial charge in [-0.1, -0.05) is 30.3 Å². The lowest BCUT2D eigenvalue weighted by atomic mass is 10.1. The lowest BCUT2D eigenvalue weighted by Gasteiger charge is -2.17. The number of benzene rings is 1. The Balaban J connectivity index is 1.64. The van der Waals surface area contributed by atoms with Crippen LogP contribution in [0.3, 0.4) is 0 Å². The van der Waals surface area contributed by atoms with Crippen LogP contribution in [0.2, 0.25) is 0 Å². The number of hydrogen-bond donors (Lipinski definition) is 4. The van der Waals surface area contributed by atoms with E-state index in [-0.39, 0.29) is 18.1 Å². The molecule has 4 atom stereocenters. The van der Waals surface area contributed by atoms with Crippen LogP contribution in [0.15, 0.2) is 36.7 Å². The first-order valence-electron chi connectivity index (χ1n) is 7.74. The molecule has 9 heteroatoms. The number of aromatic nitrogens is 2. The number of primary amides is 1. The van der Waals surface area contributed by atoms with Gasteiger partial charge in [0.2, 0.25) is 0 Å². The molecule has 1 aromatic heterocycles. The average Bonchev–Trinajstić information content (AvgIpc) is 3.11. The maximum Gasteiger partial charge on any atom is 0.271 e. The number of anilines is 1. The molecule has 0 bridgehead atoms. The molecule has 0 unspecified atom stereocenters. The Morgan fingerprint density at radius 3 is 2.64 bits per heavy atom. The SMILES string of the molecule is NC(=O)c1ncn([C@@H]2O[C@H](COCc3ccccc3)[C@@H](O)[C@H]2O)c1N. The molecule has 6 N–H and O–H groups in total. The first-order chi connectivity index (χ1) is 12.0. The number of aliphatic hydroxyl groups excluding tert-OH is 2. The van der Waals surface area contributed by atoms with Crippen LogP contribution in [0, 0.1) is 0 Å². The molecule has 2 aromatic rings. The van der Waals surface area contributed by atoms with Crippen molar-refractivity contribution in [1.29, 1.82) is 0 Å². The van der Waals surface area contributed by atoms with Crippen LogP contribution in [0.5, 0.6) is 0 Å². The van der Waals surface area contributed by atoms with Crippen LogP contribution in [0.1, 0.15) is 22.3 Å². The predicted octanol–water partition coefficient (Wildman–Crippen LogP) is -0.600. The number of ether oxygens (including phenoxy) is 2. The number of rotatable bonds is 6. The molecule has 0 spiro atoms. The van der Waals surface area contributed by atoms with Crippen molar-refractivity contribution in [2.75, 3.05) is 12.3 Å². The molecular weight excluding hydrogens is 328 g/mol. The van der Waals surface area contributed by atoms with Crippen molar-refractivity contribution in [3.05, 3.63) is 47.9 Å². The van der Waals surface area contributed by atoms with E-state index in [1.54, 1.807) is 0 Å². The second-order valence-electron chi connectivity index (χ2n) is 5.80. The zero-order valence-electron chi connectivity index (χ0n) is 13.4. The summed E-state index contributed by atoms with van der Waals surface area (Å²) in [4.78, 5) is 15.0. The molecule has 1 fully saturated rings. The minimum absolute atomic E-state index is 0.0328. The third kappa shape index (κ3) is 3.49. The minimum Gasteiger partial charge on any atom is -0.387 e. The van der Waals surface area contributed by atoms with E-state index in [2.05, 4.69) is 4.98 Å². The zero-order valence-corrected chi connectivity index (χ0v) is 13.4. The normalized spacial score (nSPS) is 26.0. The molecule has 3 rings (SSSR count). The van der Waals surface area contributed by atoms with Crippen molar-refractivity contribution in [2.24, 2.45) is 5.73 Å². The molecule has 0 radical (unpaired) electrons. The van der Waals surface area contributed by atoms with Crippen LogP contribution >= 0.6 is 0 Å². The summed E-state index contributed by atoms with van der Waals surface area (Å²) in [5, 5.41) is 20.4. The highest BCUT2D eigenvalue weighted by Crippen LogP contribution is 2.32. The van der Waals surface area contributed by atoms with Gasteiger partial charge in [0.05, 0.1) is 19.5 Å². The number of nitrogen functional groups attached to an aromatic ring is 1. The monoisotopic (exact) mass is 348 g/mol. The van der Waals surface area contributed by atoms with E-state index in [1.807, 2.05) is 30.3 Å². The van der Waals surface area contributed by atoms with Gasteiger partial charge in [0.25, 0.3) is 5.91 Å². The first kappa shape index (κ1) is 17.4. The highest BCUT2D eigenvalue weighted by molar-refractivity contribution is 5.95. The quantitative estimate of drug-likeness (QED) is 0.545. The Morgan fingerprint density at radius 2 is 2.00 bits per heavy atom. The molecule has 1 saturated heterocycles. The molecule has 1 aromatic carbocycles. The highest BCUT2D eigenvalue weighted by atomic mass is 16.6. The number of nitrogens with zero attached hydrogens (tertiary/aromatic N) is 2. The number of carbonyl (C=O) groups excluding carboxylic acids is 1. The first-order valence-corrected chi connectivity index (χ1v) is 7.74. The van der Waals surface area contributed by atoms with Gasteiger partial charge in [0.15, 0.2) is 11.9 Å². The Labute approximate surface area is 143 Å². The summed E-state index contributed by atoms with van der Waals surface area (Å²) >= 11 is 0. The summed E-state index contributed by atoms with van der Waals surface area (Å²) in [6.07, 6.45) is -2.91. The molecule has 1 aliphatic heterocycles. The Kier molecular flexibility index (Phi) is 5.00. The number of aliphatic hydroxyl groups is 2. The van der Waals surface area contributed by atoms with Gasteiger partial charge in [0.1, 0.15) is 24.1 Å². The number of carbonyl (C=O) groups is 1. The van der Waals surface area contributed by atoms with Crippen LogP contribution in [-0.2, 0) is 16.1 Å². The van der Waals surface area contributed by atoms with Gasteiger partial charge in [-0.25, -0.2) is 4.98 Å². The van der Waals surface area contributed by atoms with Crippen LogP contribution in [-0.4, -0.2) is 50.6 Å². The van der Waals surface area contributed by atoms with Gasteiger partial charge in [-0.2, -0.15) is 0 Å². The zero-order chi connectivity index (χ0) is 18.0. The number of amides is 1. The van der Waals surface area contributed by atoms with Crippen LogP contribution < -0.4 is 11.5 Å². The van der Waals surface area contributed by atoms with Crippen LogP contribution in [0.4, 0.5) is 5.82 Å². The van der Waals surface area contributed by atoms with Crippen molar-refractivity contribution < 1.29 is 24.5 Å². The number of hydrogen-bond acceptors (Lipinski definition) is 7. The van der Waals surface area contributed by atoms with E-state index in [1.165, 1.54) is 10.9 Å². The third-order valence-corrected chi connectivity index (χ3v) is 4.07. The van der Waals surface area contributed by atoms with Gasteiger partial charge in [-0.05, 0) is 5.56 Å². The van der Waals surface area contributed by atoms with Gasteiger partial charge >= 0.3 is 0 Å². The molecule has 0 aliphatic carbocycles. The van der Waals surface area contributed by atoms with Gasteiger partial charge in [-0.15, -0.1) is 0 Å². The molecule has 25 heavy (non-hydrogen) atoms. The lowest BCUT2D eigenvalue weighted by Crippen LogP contribution is -2.34. The Hall–Kier alpha value is -2.46. The summed E-state index contributed by atoms with van der Waals surface area (Å²) in [5.74, 6) is -0.818. The third-order valence-electron chi connectivity index (χ3n) is 4.07. The summed E-state index contributed by atoms with van der Waals surface area (Å²) in [7, 11) is 0. The number of nitrogens with two attached hydrogens (primary N) is 2. The maximum atomic E-state index is 11.2. The Bertz CT molecular complexity index is 735. The second-order valence-corrected chi connectivity index (χ2v) is 5.80. The fraction of sp³-hybridized carbons (Fsp3) is 0.375. The summed E-state index contributed by atoms with van der Waals surface area (Å²) in [6, 6.07) is 9.54. The molecule has 9 nitrogen and oxygen atoms in total. The van der Waals surface area contributed by atoms with E-state index in [0.29, 0.717) is 6.61 Å². The summed E-state index contributed by atoms with van der Waals surface area (Å²) in [5.41, 5.74) is 11.8. The van der Waals surface area contributed by atoms with E-state index in [4.69, 9.17) is 20.9 Å². The van der Waals surface area contributed by atoms with E-state index in [0.717, 1.165) is 5.56 Å². The van der Waals surface area contributed by atoms with Crippen LogP contribution in [0.25, 0.3) is 0 Å². The summed E-state index contributed by atoms with van der Waals surface area (Å²) in [6.45, 7) is 0.439. The maximum absolute atomic E-state index is 11.2. The fourth-order valence-corrected chi connectivity index (χ4v) is 2.73. The van der Waals surface area contributed by atoms with Crippen molar-refractivity contribution in [3.63, 3.8) is 0 Å². The van der Waals surface area contributed by atoms with Gasteiger partial charge in [-0.3, -0.25) is 9.36 Å². The average molecular weight is 348 g/mol. The standard InChI is InChI=1S/C16H20N4O5/c17-14-11(15(18)23)19-8-20(14)16-13(22)12(21)10(25-16)7-24-6-9-4-2-1-3-5-9/h1-5,8,10,12-13,16,21-22H,6-7,17H2,(H2,18,23)/t10-,12-,13-,16-/m1/s1. The largest absolute Gasteiger partial charge is 0.387 e. The molecular formula is C16H20N4O5. The van der Waals surface area contributed by atoms with Crippen molar-refractivity contribution in [3.8, 4) is 0 Å². The fourth-order valence-electron chi connectivity index (χ4n) is 2.73. The smallest absolute Gasteiger partial charge is 0.271 e. The Morgan fingerprint density at radius 1 is 1.28 bits per heavy atom. The van der Waals surface area contributed by atoms with E-state index < -0.39 is 30.4 Å². The molecule has 1 aliphatic rings. The van der Waals surface area contributed by atoms with Gasteiger partial charge < -0.3 is 31.2 Å². The van der Waals surface area contributed by atoms with E-state index in [9.17, 15) is 15.0 Å². The second kappa shape index (κ2) is 7.19. The number of imidazole rings is 1. The molecule has 134 valence electrons. The highest BCUT2D eigenvalue weighted by Gasteiger charge is 2.44. The minimum atomic E-state index is -1.25. The van der Waals surface area contributed by atoms with E-state index >= 15 is 0 Å². The molecule has 2 heterocycles. The van der Waals surface area contributed by atoms with Crippen molar-refractivity contribution in [1.82, 2.24) is 9.55 Å². The van der Waals surface area contributed by atoms with Crippen molar-refractivity contribution >= 4 is 11.7 Å².